The number of benzene rings is 4. The fourth-order valence-corrected chi connectivity index (χ4v) is 6.28. The molecule has 0 spiro atoms. The van der Waals surface area contributed by atoms with Crippen LogP contribution in [-0.2, 0) is 0 Å². The van der Waals surface area contributed by atoms with E-state index in [-0.39, 0.29) is 6.71 Å². The molecule has 6 rings (SSSR count). The number of rotatable bonds is 4. The van der Waals surface area contributed by atoms with Crippen molar-refractivity contribution in [3.05, 3.63) is 132 Å². The van der Waals surface area contributed by atoms with Crippen LogP contribution in [0.15, 0.2) is 121 Å². The van der Waals surface area contributed by atoms with Gasteiger partial charge < -0.3 is 9.80 Å². The summed E-state index contributed by atoms with van der Waals surface area (Å²) in [6.45, 7) is 17.3. The largest absolute Gasteiger partial charge is 0.311 e. The molecule has 2 nitrogen and oxygen atoms in total. The molecule has 0 fully saturated rings. The zero-order valence-corrected chi connectivity index (χ0v) is 22.0. The van der Waals surface area contributed by atoms with E-state index in [2.05, 4.69) is 136 Å². The Morgan fingerprint density at radius 2 is 1.24 bits per heavy atom. The molecule has 0 N–H and O–H groups in total. The molecule has 37 heavy (non-hydrogen) atoms. The molecule has 0 saturated carbocycles. The Labute approximate surface area is 221 Å². The second kappa shape index (κ2) is 8.71. The van der Waals surface area contributed by atoms with Gasteiger partial charge in [0.2, 0.25) is 0 Å². The maximum absolute atomic E-state index is 4.39. The van der Waals surface area contributed by atoms with E-state index in [0.29, 0.717) is 0 Å². The van der Waals surface area contributed by atoms with Gasteiger partial charge in [0.15, 0.2) is 0 Å². The third-order valence-corrected chi connectivity index (χ3v) is 7.78. The molecule has 4 aromatic rings. The van der Waals surface area contributed by atoms with E-state index in [0.717, 1.165) is 16.8 Å². The first kappa shape index (κ1) is 23.2. The number of hydrogen-bond acceptors (Lipinski definition) is 2. The van der Waals surface area contributed by atoms with Gasteiger partial charge in [-0.25, -0.2) is 0 Å². The lowest BCUT2D eigenvalue weighted by Gasteiger charge is -2.45. The van der Waals surface area contributed by atoms with Crippen LogP contribution in [0.2, 0.25) is 0 Å². The van der Waals surface area contributed by atoms with Crippen LogP contribution in [0, 0.1) is 13.8 Å². The van der Waals surface area contributed by atoms with Crippen molar-refractivity contribution in [2.24, 2.45) is 0 Å². The zero-order chi connectivity index (χ0) is 25.8. The summed E-state index contributed by atoms with van der Waals surface area (Å²) in [6.07, 6.45) is 1.94. The van der Waals surface area contributed by atoms with Gasteiger partial charge in [-0.05, 0) is 90.6 Å². The number of aryl methyl sites for hydroxylation is 2. The van der Waals surface area contributed by atoms with Gasteiger partial charge in [-0.2, -0.15) is 0 Å². The Morgan fingerprint density at radius 3 is 1.89 bits per heavy atom. The van der Waals surface area contributed by atoms with Gasteiger partial charge in [0.1, 0.15) is 0 Å². The Hall–Kier alpha value is -4.24. The van der Waals surface area contributed by atoms with E-state index < -0.39 is 0 Å². The molecule has 0 bridgehead atoms. The van der Waals surface area contributed by atoms with Gasteiger partial charge in [0, 0.05) is 22.7 Å². The number of hydrogen-bond donors (Lipinski definition) is 0. The highest BCUT2D eigenvalue weighted by Gasteiger charge is 2.43. The lowest BCUT2D eigenvalue weighted by molar-refractivity contribution is 1.13. The SMILES string of the molecule is C=C/C(C)=C(\C(=C)C)N1c2ccccc2B2c3ccccc3N(c3c(C)cccc3C)c3cccc1c32. The zero-order valence-electron chi connectivity index (χ0n) is 22.0. The lowest BCUT2D eigenvalue weighted by Crippen LogP contribution is -2.61. The van der Waals surface area contributed by atoms with Crippen LogP contribution in [0.5, 0.6) is 0 Å². The molecule has 2 aliphatic rings. The lowest BCUT2D eigenvalue weighted by atomic mass is 9.33. The molecule has 3 heteroatoms. The summed E-state index contributed by atoms with van der Waals surface area (Å²) in [4.78, 5) is 4.88. The van der Waals surface area contributed by atoms with Crippen LogP contribution >= 0.6 is 0 Å². The highest BCUT2D eigenvalue weighted by Crippen LogP contribution is 2.44. The van der Waals surface area contributed by atoms with Gasteiger partial charge in [-0.15, -0.1) is 0 Å². The van der Waals surface area contributed by atoms with E-state index in [1.807, 2.05) is 6.08 Å². The van der Waals surface area contributed by atoms with Crippen LogP contribution in [0.3, 0.4) is 0 Å². The monoisotopic (exact) mass is 478 g/mol. The van der Waals surface area contributed by atoms with E-state index >= 15 is 0 Å². The molecule has 2 heterocycles. The quantitative estimate of drug-likeness (QED) is 0.201. The van der Waals surface area contributed by atoms with Crippen LogP contribution in [0.4, 0.5) is 28.4 Å². The summed E-state index contributed by atoms with van der Waals surface area (Å²) in [5.41, 5.74) is 15.9. The number of fused-ring (bicyclic) bond motifs is 4. The molecule has 0 aromatic heterocycles. The predicted octanol–water partition coefficient (Wildman–Crippen LogP) is 7.09. The molecular weight excluding hydrogens is 447 g/mol. The van der Waals surface area contributed by atoms with E-state index in [1.165, 1.54) is 56.0 Å². The van der Waals surface area contributed by atoms with E-state index in [1.54, 1.807) is 0 Å². The first-order valence-corrected chi connectivity index (χ1v) is 12.9. The minimum absolute atomic E-state index is 0.144. The van der Waals surface area contributed by atoms with Gasteiger partial charge in [0.05, 0.1) is 11.4 Å². The normalized spacial score (nSPS) is 13.9. The Balaban J connectivity index is 1.75. The minimum atomic E-state index is 0.144. The minimum Gasteiger partial charge on any atom is -0.311 e. The topological polar surface area (TPSA) is 6.48 Å². The van der Waals surface area contributed by atoms with Crippen molar-refractivity contribution >= 4 is 51.5 Å². The summed E-state index contributed by atoms with van der Waals surface area (Å²) in [5, 5.41) is 0. The smallest absolute Gasteiger partial charge is 0.252 e. The van der Waals surface area contributed by atoms with Gasteiger partial charge in [0.25, 0.3) is 6.71 Å². The van der Waals surface area contributed by atoms with Crippen molar-refractivity contribution in [2.45, 2.75) is 27.7 Å². The third-order valence-electron chi connectivity index (χ3n) is 7.78. The fraction of sp³-hybridized carbons (Fsp3) is 0.118. The molecular formula is C34H31BN2. The maximum atomic E-state index is 4.39. The Morgan fingerprint density at radius 1 is 0.703 bits per heavy atom. The summed E-state index contributed by atoms with van der Waals surface area (Å²) < 4.78 is 0. The van der Waals surface area contributed by atoms with E-state index in [9.17, 15) is 0 Å². The second-order valence-corrected chi connectivity index (χ2v) is 10.2. The standard InChI is InChI=1S/C34H31BN2/c1-7-23(4)33(22(2)3)36-28-18-10-8-16-26(28)35-27-17-9-11-19-29(27)37(31-21-13-20-30(36)32(31)35)34-24(5)14-12-15-25(34)6/h7-21H,1-2H2,3-6H3/b33-23+. The van der Waals surface area contributed by atoms with Crippen LogP contribution < -0.4 is 26.2 Å². The van der Waals surface area contributed by atoms with Crippen molar-refractivity contribution in [2.75, 3.05) is 9.80 Å². The molecule has 0 aliphatic carbocycles. The van der Waals surface area contributed by atoms with Crippen LogP contribution in [0.25, 0.3) is 0 Å². The molecule has 0 radical (unpaired) electrons. The van der Waals surface area contributed by atoms with Crippen molar-refractivity contribution in [1.82, 2.24) is 0 Å². The first-order valence-electron chi connectivity index (χ1n) is 12.9. The molecule has 0 atom stereocenters. The Bertz CT molecular complexity index is 1610. The van der Waals surface area contributed by atoms with Crippen LogP contribution in [-0.4, -0.2) is 6.71 Å². The van der Waals surface area contributed by atoms with Crippen LogP contribution in [0.1, 0.15) is 25.0 Å². The maximum Gasteiger partial charge on any atom is 0.252 e. The summed E-state index contributed by atoms with van der Waals surface area (Å²) in [6, 6.07) is 31.0. The van der Waals surface area contributed by atoms with Gasteiger partial charge >= 0.3 is 0 Å². The Kier molecular flexibility index (Phi) is 5.45. The van der Waals surface area contributed by atoms with E-state index in [4.69, 9.17) is 0 Å². The molecule has 0 amide bonds. The molecule has 2 aliphatic heterocycles. The third kappa shape index (κ3) is 3.34. The van der Waals surface area contributed by atoms with Crippen molar-refractivity contribution in [3.63, 3.8) is 0 Å². The summed E-state index contributed by atoms with van der Waals surface area (Å²) in [7, 11) is 0. The summed E-state index contributed by atoms with van der Waals surface area (Å²) in [5.74, 6) is 0. The molecule has 0 saturated heterocycles. The fourth-order valence-electron chi connectivity index (χ4n) is 6.28. The number of allylic oxidation sites excluding steroid dienone is 3. The summed E-state index contributed by atoms with van der Waals surface area (Å²) >= 11 is 0. The van der Waals surface area contributed by atoms with Gasteiger partial charge in [-0.3, -0.25) is 0 Å². The second-order valence-electron chi connectivity index (χ2n) is 10.2. The predicted molar refractivity (Wildman–Crippen MR) is 162 cm³/mol. The number of anilines is 5. The average molecular weight is 478 g/mol. The molecule has 0 unspecified atom stereocenters. The number of nitrogens with zero attached hydrogens (tertiary/aromatic N) is 2. The van der Waals surface area contributed by atoms with Gasteiger partial charge in [-0.1, -0.05) is 79.9 Å². The molecule has 180 valence electrons. The first-order chi connectivity index (χ1) is 17.9. The highest BCUT2D eigenvalue weighted by atomic mass is 15.2. The van der Waals surface area contributed by atoms with Crippen molar-refractivity contribution in [3.8, 4) is 0 Å². The highest BCUT2D eigenvalue weighted by molar-refractivity contribution is 7.00. The van der Waals surface area contributed by atoms with Crippen molar-refractivity contribution in [1.29, 1.82) is 0 Å². The number of para-hydroxylation sites is 3. The average Bonchev–Trinajstić information content (AvgIpc) is 2.90. The molecule has 4 aromatic carbocycles. The van der Waals surface area contributed by atoms with Crippen molar-refractivity contribution < 1.29 is 0 Å².